The van der Waals surface area contributed by atoms with Crippen LogP contribution in [0.5, 0.6) is 0 Å². The molecule has 0 saturated carbocycles. The second-order valence-electron chi connectivity index (χ2n) is 5.61. The molecule has 3 rings (SSSR count). The fourth-order valence-electron chi connectivity index (χ4n) is 2.90. The fraction of sp³-hybridized carbons (Fsp3) is 0.278. The third-order valence-electron chi connectivity index (χ3n) is 3.97. The normalized spacial score (nSPS) is 16.3. The quantitative estimate of drug-likeness (QED) is 0.678. The number of hydrogen-bond acceptors (Lipinski definition) is 4. The summed E-state index contributed by atoms with van der Waals surface area (Å²) in [5.74, 6) is -0.314. The van der Waals surface area contributed by atoms with Crippen LogP contribution in [-0.2, 0) is 20.6 Å². The predicted molar refractivity (Wildman–Crippen MR) is 88.4 cm³/mol. The van der Waals surface area contributed by atoms with Crippen molar-refractivity contribution in [2.45, 2.75) is 25.9 Å². The molecule has 118 valence electrons. The lowest BCUT2D eigenvalue weighted by Gasteiger charge is -2.11. The summed E-state index contributed by atoms with van der Waals surface area (Å²) in [5, 5.41) is 10.1. The molecule has 0 aromatic heterocycles. The zero-order chi connectivity index (χ0) is 16.2. The number of rotatable bonds is 5. The molecule has 0 radical (unpaired) electrons. The summed E-state index contributed by atoms with van der Waals surface area (Å²) in [5.41, 5.74) is 3.92. The molecule has 1 N–H and O–H groups in total. The Morgan fingerprint density at radius 2 is 2.00 bits per heavy atom. The summed E-state index contributed by atoms with van der Waals surface area (Å²) < 4.78 is 10.5. The monoisotopic (exact) mass is 310 g/mol. The van der Waals surface area contributed by atoms with Crippen molar-refractivity contribution in [3.63, 3.8) is 0 Å². The van der Waals surface area contributed by atoms with Gasteiger partial charge in [-0.15, -0.1) is 0 Å². The van der Waals surface area contributed by atoms with Gasteiger partial charge in [0.15, 0.2) is 0 Å². The van der Waals surface area contributed by atoms with Crippen LogP contribution in [0.1, 0.15) is 36.1 Å². The zero-order valence-corrected chi connectivity index (χ0v) is 13.1. The van der Waals surface area contributed by atoms with Gasteiger partial charge in [0, 0.05) is 0 Å². The van der Waals surface area contributed by atoms with Gasteiger partial charge in [-0.2, -0.15) is 0 Å². The third kappa shape index (κ3) is 3.63. The summed E-state index contributed by atoms with van der Waals surface area (Å²) in [6.07, 6.45) is 0.476. The van der Waals surface area contributed by atoms with Gasteiger partial charge in [-0.25, -0.2) is 0 Å². The SMILES string of the molecule is CCOC(=O)CC1OB(O)c2cc(Cc3ccccc3)ccc21. The van der Waals surface area contributed by atoms with Gasteiger partial charge in [-0.1, -0.05) is 48.5 Å². The van der Waals surface area contributed by atoms with Crippen molar-refractivity contribution in [3.05, 3.63) is 65.2 Å². The molecule has 1 aliphatic rings. The van der Waals surface area contributed by atoms with Crippen LogP contribution in [0.2, 0.25) is 0 Å². The number of benzene rings is 2. The summed E-state index contributed by atoms with van der Waals surface area (Å²) in [6, 6.07) is 16.1. The number of hydrogen-bond donors (Lipinski definition) is 1. The molecule has 2 aromatic carbocycles. The van der Waals surface area contributed by atoms with E-state index in [2.05, 4.69) is 12.1 Å². The van der Waals surface area contributed by atoms with Crippen LogP contribution in [-0.4, -0.2) is 24.7 Å². The Hall–Kier alpha value is -2.11. The van der Waals surface area contributed by atoms with Crippen LogP contribution in [0, 0.1) is 0 Å². The summed E-state index contributed by atoms with van der Waals surface area (Å²) in [7, 11) is -0.986. The van der Waals surface area contributed by atoms with Gasteiger partial charge in [0.1, 0.15) is 0 Å². The van der Waals surface area contributed by atoms with E-state index in [0.717, 1.165) is 23.0 Å². The van der Waals surface area contributed by atoms with Crippen molar-refractivity contribution >= 4 is 18.6 Å². The summed E-state index contributed by atoms with van der Waals surface area (Å²) in [6.45, 7) is 2.11. The second kappa shape index (κ2) is 6.98. The molecule has 1 unspecified atom stereocenters. The first-order valence-electron chi connectivity index (χ1n) is 7.83. The summed E-state index contributed by atoms with van der Waals surface area (Å²) >= 11 is 0. The smallest absolute Gasteiger partial charge is 0.466 e. The van der Waals surface area contributed by atoms with Gasteiger partial charge in [0.2, 0.25) is 0 Å². The topological polar surface area (TPSA) is 55.8 Å². The molecule has 23 heavy (non-hydrogen) atoms. The minimum Gasteiger partial charge on any atom is -0.466 e. The van der Waals surface area contributed by atoms with Crippen LogP contribution in [0.25, 0.3) is 0 Å². The second-order valence-corrected chi connectivity index (χ2v) is 5.61. The first kappa shape index (κ1) is 15.8. The number of carbonyl (C=O) groups excluding carboxylic acids is 1. The van der Waals surface area contributed by atoms with Gasteiger partial charge in [-0.05, 0) is 35.5 Å². The van der Waals surface area contributed by atoms with E-state index in [1.54, 1.807) is 6.92 Å². The van der Waals surface area contributed by atoms with E-state index in [0.29, 0.717) is 6.61 Å². The van der Waals surface area contributed by atoms with Gasteiger partial charge in [-0.3, -0.25) is 4.79 Å². The molecule has 0 spiro atoms. The minimum absolute atomic E-state index is 0.121. The van der Waals surface area contributed by atoms with Crippen LogP contribution in [0.4, 0.5) is 0 Å². The number of esters is 1. The maximum absolute atomic E-state index is 11.6. The van der Waals surface area contributed by atoms with Gasteiger partial charge in [0.25, 0.3) is 0 Å². The van der Waals surface area contributed by atoms with E-state index >= 15 is 0 Å². The molecule has 0 saturated heterocycles. The Balaban J connectivity index is 1.77. The maximum Gasteiger partial charge on any atom is 0.492 e. The Morgan fingerprint density at radius 3 is 2.74 bits per heavy atom. The minimum atomic E-state index is -0.986. The van der Waals surface area contributed by atoms with Crippen molar-refractivity contribution in [1.29, 1.82) is 0 Å². The molecular weight excluding hydrogens is 291 g/mol. The largest absolute Gasteiger partial charge is 0.492 e. The van der Waals surface area contributed by atoms with Gasteiger partial charge in [0.05, 0.1) is 19.1 Å². The highest BCUT2D eigenvalue weighted by Crippen LogP contribution is 2.28. The first-order valence-corrected chi connectivity index (χ1v) is 7.83. The molecule has 1 atom stereocenters. The third-order valence-corrected chi connectivity index (χ3v) is 3.97. The van der Waals surface area contributed by atoms with Crippen LogP contribution in [0.15, 0.2) is 48.5 Å². The van der Waals surface area contributed by atoms with Gasteiger partial charge < -0.3 is 14.4 Å². The predicted octanol–water partition coefficient (Wildman–Crippen LogP) is 1.99. The van der Waals surface area contributed by atoms with Gasteiger partial charge >= 0.3 is 13.1 Å². The Morgan fingerprint density at radius 1 is 1.22 bits per heavy atom. The molecule has 0 bridgehead atoms. The Labute approximate surface area is 136 Å². The van der Waals surface area contributed by atoms with Crippen LogP contribution in [0.3, 0.4) is 0 Å². The standard InChI is InChI=1S/C18H19BO4/c1-2-22-18(20)12-17-15-9-8-14(11-16(15)19(21)23-17)10-13-6-4-3-5-7-13/h3-9,11,17,21H,2,10,12H2,1H3. The highest BCUT2D eigenvalue weighted by molar-refractivity contribution is 6.61. The van der Waals surface area contributed by atoms with E-state index in [9.17, 15) is 9.82 Å². The van der Waals surface area contributed by atoms with E-state index in [1.165, 1.54) is 5.56 Å². The highest BCUT2D eigenvalue weighted by Gasteiger charge is 2.36. The average molecular weight is 310 g/mol. The number of fused-ring (bicyclic) bond motifs is 1. The van der Waals surface area contributed by atoms with Crippen molar-refractivity contribution in [2.75, 3.05) is 6.61 Å². The first-order chi connectivity index (χ1) is 11.2. The number of ether oxygens (including phenoxy) is 1. The lowest BCUT2D eigenvalue weighted by atomic mass is 9.78. The van der Waals surface area contributed by atoms with E-state index in [1.807, 2.05) is 36.4 Å². The van der Waals surface area contributed by atoms with Crippen LogP contribution >= 0.6 is 0 Å². The highest BCUT2D eigenvalue weighted by atomic mass is 16.5. The molecular formula is C18H19BO4. The Kier molecular flexibility index (Phi) is 4.79. The molecule has 4 nitrogen and oxygen atoms in total. The van der Waals surface area contributed by atoms with Crippen LogP contribution < -0.4 is 5.46 Å². The van der Waals surface area contributed by atoms with Crippen molar-refractivity contribution in [3.8, 4) is 0 Å². The van der Waals surface area contributed by atoms with E-state index in [4.69, 9.17) is 9.39 Å². The zero-order valence-electron chi connectivity index (χ0n) is 13.1. The average Bonchev–Trinajstić information content (AvgIpc) is 2.84. The molecule has 1 aliphatic heterocycles. The Bertz CT molecular complexity index is 687. The fourth-order valence-corrected chi connectivity index (χ4v) is 2.90. The summed E-state index contributed by atoms with van der Waals surface area (Å²) in [4.78, 5) is 11.6. The molecule has 0 aliphatic carbocycles. The molecule has 0 amide bonds. The van der Waals surface area contributed by atoms with Crippen molar-refractivity contribution in [1.82, 2.24) is 0 Å². The number of carbonyl (C=O) groups is 1. The lowest BCUT2D eigenvalue weighted by Crippen LogP contribution is -2.28. The molecule has 2 aromatic rings. The molecule has 1 heterocycles. The molecule has 0 fully saturated rings. The van der Waals surface area contributed by atoms with E-state index in [-0.39, 0.29) is 12.4 Å². The lowest BCUT2D eigenvalue weighted by molar-refractivity contribution is -0.145. The maximum atomic E-state index is 11.6. The van der Waals surface area contributed by atoms with E-state index < -0.39 is 13.2 Å². The van der Waals surface area contributed by atoms with Crippen molar-refractivity contribution < 1.29 is 19.2 Å². The molecule has 5 heteroatoms. The van der Waals surface area contributed by atoms with Crippen molar-refractivity contribution in [2.24, 2.45) is 0 Å².